The summed E-state index contributed by atoms with van der Waals surface area (Å²) in [4.78, 5) is 13.9. The lowest BCUT2D eigenvalue weighted by atomic mass is 10.1. The zero-order chi connectivity index (χ0) is 12.8. The third kappa shape index (κ3) is 3.48. The molecule has 0 aliphatic rings. The normalized spacial score (nSPS) is 10.1. The van der Waals surface area contributed by atoms with Gasteiger partial charge in [0.05, 0.1) is 0 Å². The molecule has 0 saturated carbocycles. The Morgan fingerprint density at radius 3 is 2.59 bits per heavy atom. The molecule has 0 aromatic heterocycles. The van der Waals surface area contributed by atoms with Crippen LogP contribution in [0, 0.1) is 6.92 Å². The monoisotopic (exact) mass is 234 g/mol. The van der Waals surface area contributed by atoms with Crippen molar-refractivity contribution in [2.75, 3.05) is 25.5 Å². The summed E-state index contributed by atoms with van der Waals surface area (Å²) >= 11 is 0. The molecule has 3 nitrogen and oxygen atoms in total. The van der Waals surface area contributed by atoms with Crippen LogP contribution in [0.4, 0.5) is 5.69 Å². The largest absolute Gasteiger partial charge is 0.385 e. The molecule has 1 aromatic carbocycles. The van der Waals surface area contributed by atoms with Gasteiger partial charge in [-0.15, -0.1) is 0 Å². The fourth-order valence-corrected chi connectivity index (χ4v) is 1.86. The van der Waals surface area contributed by atoms with Crippen molar-refractivity contribution in [1.29, 1.82) is 0 Å². The molecule has 0 radical (unpaired) electrons. The molecular formula is C14H22N2O. The standard InChI is InChI=1S/C14H22N2O/c1-5-9-16(4)14(17)13-8-7-12(15-6-2)10-11(13)3/h7-8,10,15H,5-6,9H2,1-4H3. The van der Waals surface area contributed by atoms with E-state index in [9.17, 15) is 4.79 Å². The van der Waals surface area contributed by atoms with Gasteiger partial charge < -0.3 is 10.2 Å². The first-order chi connectivity index (χ1) is 8.10. The van der Waals surface area contributed by atoms with E-state index in [0.717, 1.165) is 36.3 Å². The van der Waals surface area contributed by atoms with Crippen molar-refractivity contribution in [1.82, 2.24) is 4.90 Å². The van der Waals surface area contributed by atoms with Gasteiger partial charge in [-0.3, -0.25) is 4.79 Å². The molecule has 0 saturated heterocycles. The molecule has 0 heterocycles. The summed E-state index contributed by atoms with van der Waals surface area (Å²) in [6, 6.07) is 5.89. The summed E-state index contributed by atoms with van der Waals surface area (Å²) in [6.45, 7) is 7.80. The molecule has 0 unspecified atom stereocenters. The Bertz CT molecular complexity index is 388. The number of amides is 1. The zero-order valence-corrected chi connectivity index (χ0v) is 11.2. The van der Waals surface area contributed by atoms with Crippen molar-refractivity contribution in [3.63, 3.8) is 0 Å². The zero-order valence-electron chi connectivity index (χ0n) is 11.2. The molecule has 0 atom stereocenters. The first-order valence-corrected chi connectivity index (χ1v) is 6.20. The summed E-state index contributed by atoms with van der Waals surface area (Å²) in [5, 5.41) is 3.24. The molecule has 94 valence electrons. The number of carbonyl (C=O) groups is 1. The van der Waals surface area contributed by atoms with Crippen molar-refractivity contribution in [3.05, 3.63) is 29.3 Å². The summed E-state index contributed by atoms with van der Waals surface area (Å²) in [7, 11) is 1.85. The first-order valence-electron chi connectivity index (χ1n) is 6.20. The van der Waals surface area contributed by atoms with Gasteiger partial charge in [0.2, 0.25) is 0 Å². The van der Waals surface area contributed by atoms with Crippen LogP contribution in [0.5, 0.6) is 0 Å². The van der Waals surface area contributed by atoms with Crippen LogP contribution in [-0.2, 0) is 0 Å². The number of carbonyl (C=O) groups excluding carboxylic acids is 1. The van der Waals surface area contributed by atoms with E-state index in [4.69, 9.17) is 0 Å². The number of nitrogens with one attached hydrogen (secondary N) is 1. The highest BCUT2D eigenvalue weighted by Crippen LogP contribution is 2.16. The lowest BCUT2D eigenvalue weighted by molar-refractivity contribution is 0.0794. The molecule has 0 bridgehead atoms. The lowest BCUT2D eigenvalue weighted by Gasteiger charge is -2.18. The topological polar surface area (TPSA) is 32.3 Å². The van der Waals surface area contributed by atoms with Gasteiger partial charge in [0.1, 0.15) is 0 Å². The number of benzene rings is 1. The van der Waals surface area contributed by atoms with Crippen LogP contribution >= 0.6 is 0 Å². The number of hydrogen-bond donors (Lipinski definition) is 1. The molecule has 0 fully saturated rings. The maximum absolute atomic E-state index is 12.1. The highest BCUT2D eigenvalue weighted by molar-refractivity contribution is 5.95. The van der Waals surface area contributed by atoms with Gasteiger partial charge >= 0.3 is 0 Å². The number of nitrogens with zero attached hydrogens (tertiary/aromatic N) is 1. The van der Waals surface area contributed by atoms with Crippen LogP contribution < -0.4 is 5.32 Å². The predicted octanol–water partition coefficient (Wildman–Crippen LogP) is 2.91. The lowest BCUT2D eigenvalue weighted by Crippen LogP contribution is -2.28. The fraction of sp³-hybridized carbons (Fsp3) is 0.500. The molecule has 17 heavy (non-hydrogen) atoms. The van der Waals surface area contributed by atoms with Crippen LogP contribution in [0.2, 0.25) is 0 Å². The summed E-state index contributed by atoms with van der Waals surface area (Å²) in [5.74, 6) is 0.104. The van der Waals surface area contributed by atoms with E-state index in [-0.39, 0.29) is 5.91 Å². The minimum absolute atomic E-state index is 0.104. The molecular weight excluding hydrogens is 212 g/mol. The molecule has 1 rings (SSSR count). The van der Waals surface area contributed by atoms with E-state index in [2.05, 4.69) is 19.2 Å². The maximum atomic E-state index is 12.1. The van der Waals surface area contributed by atoms with Crippen molar-refractivity contribution in [2.24, 2.45) is 0 Å². The molecule has 1 aromatic rings. The van der Waals surface area contributed by atoms with E-state index in [0.29, 0.717) is 0 Å². The predicted molar refractivity (Wildman–Crippen MR) is 72.6 cm³/mol. The second kappa shape index (κ2) is 6.28. The van der Waals surface area contributed by atoms with Crippen LogP contribution in [-0.4, -0.2) is 30.9 Å². The van der Waals surface area contributed by atoms with Crippen molar-refractivity contribution in [3.8, 4) is 0 Å². The third-order valence-electron chi connectivity index (χ3n) is 2.74. The Morgan fingerprint density at radius 1 is 1.35 bits per heavy atom. The maximum Gasteiger partial charge on any atom is 0.253 e. The van der Waals surface area contributed by atoms with Gasteiger partial charge in [-0.25, -0.2) is 0 Å². The summed E-state index contributed by atoms with van der Waals surface area (Å²) in [5.41, 5.74) is 2.89. The Balaban J connectivity index is 2.88. The van der Waals surface area contributed by atoms with Crippen LogP contribution in [0.1, 0.15) is 36.2 Å². The van der Waals surface area contributed by atoms with Crippen LogP contribution in [0.15, 0.2) is 18.2 Å². The van der Waals surface area contributed by atoms with Gasteiger partial charge in [-0.1, -0.05) is 6.92 Å². The smallest absolute Gasteiger partial charge is 0.253 e. The molecule has 0 aliphatic heterocycles. The number of rotatable bonds is 5. The van der Waals surface area contributed by atoms with E-state index in [1.807, 2.05) is 32.2 Å². The number of anilines is 1. The molecule has 3 heteroatoms. The van der Waals surface area contributed by atoms with Crippen molar-refractivity contribution < 1.29 is 4.79 Å². The molecule has 1 amide bonds. The van der Waals surface area contributed by atoms with Gasteiger partial charge in [0.15, 0.2) is 0 Å². The van der Waals surface area contributed by atoms with Crippen molar-refractivity contribution in [2.45, 2.75) is 27.2 Å². The second-order valence-electron chi connectivity index (χ2n) is 4.29. The first kappa shape index (κ1) is 13.6. The van der Waals surface area contributed by atoms with Gasteiger partial charge in [0.25, 0.3) is 5.91 Å². The van der Waals surface area contributed by atoms with Crippen molar-refractivity contribution >= 4 is 11.6 Å². The SMILES string of the molecule is CCCN(C)C(=O)c1ccc(NCC)cc1C. The van der Waals surface area contributed by atoms with Crippen LogP contribution in [0.3, 0.4) is 0 Å². The molecule has 0 spiro atoms. The Labute approximate surface area is 104 Å². The minimum atomic E-state index is 0.104. The minimum Gasteiger partial charge on any atom is -0.385 e. The second-order valence-corrected chi connectivity index (χ2v) is 4.29. The van der Waals surface area contributed by atoms with Gasteiger partial charge in [0, 0.05) is 31.4 Å². The quantitative estimate of drug-likeness (QED) is 0.849. The van der Waals surface area contributed by atoms with E-state index < -0.39 is 0 Å². The Morgan fingerprint density at radius 2 is 2.06 bits per heavy atom. The average Bonchev–Trinajstić information content (AvgIpc) is 2.29. The van der Waals surface area contributed by atoms with E-state index in [1.165, 1.54) is 0 Å². The van der Waals surface area contributed by atoms with Gasteiger partial charge in [-0.2, -0.15) is 0 Å². The van der Waals surface area contributed by atoms with Gasteiger partial charge in [-0.05, 0) is 44.0 Å². The van der Waals surface area contributed by atoms with Crippen LogP contribution in [0.25, 0.3) is 0 Å². The van der Waals surface area contributed by atoms with E-state index in [1.54, 1.807) is 4.90 Å². The number of aryl methyl sites for hydroxylation is 1. The highest BCUT2D eigenvalue weighted by Gasteiger charge is 2.13. The molecule has 1 N–H and O–H groups in total. The number of hydrogen-bond acceptors (Lipinski definition) is 2. The average molecular weight is 234 g/mol. The van der Waals surface area contributed by atoms with E-state index >= 15 is 0 Å². The fourth-order valence-electron chi connectivity index (χ4n) is 1.86. The summed E-state index contributed by atoms with van der Waals surface area (Å²) < 4.78 is 0. The molecule has 0 aliphatic carbocycles. The highest BCUT2D eigenvalue weighted by atomic mass is 16.2. The Hall–Kier alpha value is -1.51. The third-order valence-corrected chi connectivity index (χ3v) is 2.74. The summed E-state index contributed by atoms with van der Waals surface area (Å²) in [6.07, 6.45) is 0.983. The Kier molecular flexibility index (Phi) is 5.01.